The summed E-state index contributed by atoms with van der Waals surface area (Å²) in [6.45, 7) is 0. The molecule has 0 radical (unpaired) electrons. The van der Waals surface area contributed by atoms with Gasteiger partial charge in [-0.25, -0.2) is 0 Å². The molecule has 0 fully saturated rings. The third-order valence-electron chi connectivity index (χ3n) is 9.82. The van der Waals surface area contributed by atoms with Crippen LogP contribution in [0.25, 0.3) is 27.6 Å². The number of para-hydroxylation sites is 1. The van der Waals surface area contributed by atoms with Gasteiger partial charge in [-0.1, -0.05) is 36.4 Å². The van der Waals surface area contributed by atoms with Crippen molar-refractivity contribution in [3.8, 4) is 0 Å². The summed E-state index contributed by atoms with van der Waals surface area (Å²) >= 11 is 0. The number of carbonyl (C=O) groups is 1. The number of fused-ring (bicyclic) bond motifs is 3. The van der Waals surface area contributed by atoms with Gasteiger partial charge in [0.1, 0.15) is 4.91 Å². The largest absolute Gasteiger partial charge is 0.356 e. The summed E-state index contributed by atoms with van der Waals surface area (Å²) in [7, 11) is -19.1. The van der Waals surface area contributed by atoms with Gasteiger partial charge in [0.05, 0.1) is 43.1 Å². The zero-order valence-corrected chi connectivity index (χ0v) is 36.4. The Hall–Kier alpha value is -7.42. The first-order chi connectivity index (χ1) is 31.1. The van der Waals surface area contributed by atoms with Gasteiger partial charge in [0, 0.05) is 38.5 Å². The maximum Gasteiger partial charge on any atom is 0.296 e. The Morgan fingerprint density at radius 3 is 1.64 bits per heavy atom. The second-order valence-electron chi connectivity index (χ2n) is 14.2. The number of Topliss-reactive ketones (excluding diaryl/α,β-unsaturated/α-hetero) is 1. The first-order valence-corrected chi connectivity index (χ1v) is 24.4. The molecule has 1 aliphatic rings. The molecule has 0 atom stereocenters. The number of anilines is 3. The molecule has 334 valence electrons. The van der Waals surface area contributed by atoms with Crippen LogP contribution < -0.4 is 10.7 Å². The van der Waals surface area contributed by atoms with E-state index in [1.165, 1.54) is 60.7 Å². The molecule has 0 unspecified atom stereocenters. The average molecular weight is 968 g/mol. The lowest BCUT2D eigenvalue weighted by molar-refractivity contribution is 0.106. The number of carbonyl (C=O) groups excluding carboxylic acids is 1. The highest BCUT2D eigenvalue weighted by molar-refractivity contribution is 7.91. The Kier molecular flexibility index (Phi) is 11.8. The molecule has 0 bridgehead atoms. The molecule has 1 aliphatic carbocycles. The maximum atomic E-state index is 13.8. The Balaban J connectivity index is 1.17. The smallest absolute Gasteiger partial charge is 0.296 e. The fourth-order valence-electron chi connectivity index (χ4n) is 6.74. The lowest BCUT2D eigenvalue weighted by Crippen LogP contribution is -2.27. The first-order valence-electron chi connectivity index (χ1n) is 18.7. The molecule has 0 saturated heterocycles. The zero-order chi connectivity index (χ0) is 47.2. The van der Waals surface area contributed by atoms with E-state index in [1.54, 1.807) is 18.2 Å². The van der Waals surface area contributed by atoms with E-state index in [0.29, 0.717) is 5.69 Å². The molecule has 20 nitrogen and oxygen atoms in total. The predicted octanol–water partition coefficient (Wildman–Crippen LogP) is 9.20. The van der Waals surface area contributed by atoms with Gasteiger partial charge in [0.2, 0.25) is 5.78 Å². The summed E-state index contributed by atoms with van der Waals surface area (Å²) in [5.41, 5.74) is 3.67. The third kappa shape index (κ3) is 9.65. The van der Waals surface area contributed by atoms with Crippen LogP contribution in [-0.2, 0) is 40.5 Å². The fraction of sp³-hybridized carbons (Fsp3) is 0. The van der Waals surface area contributed by atoms with E-state index in [0.717, 1.165) is 48.2 Å². The summed E-state index contributed by atoms with van der Waals surface area (Å²) in [5, 5.41) is 24.5. The second kappa shape index (κ2) is 17.2. The van der Waals surface area contributed by atoms with E-state index in [-0.39, 0.29) is 61.1 Å². The number of ketones is 1. The molecule has 6 N–H and O–H groups in total. The topological polar surface area (TPSA) is 320 Å². The Bertz CT molecular complexity index is 3790. The van der Waals surface area contributed by atoms with Crippen LogP contribution in [-0.4, -0.2) is 63.4 Å². The van der Waals surface area contributed by atoms with Gasteiger partial charge in [-0.2, -0.15) is 43.9 Å². The van der Waals surface area contributed by atoms with Crippen molar-refractivity contribution in [3.63, 3.8) is 0 Å². The molecule has 24 heteroatoms. The summed E-state index contributed by atoms with van der Waals surface area (Å²) in [6, 6.07) is 30.9. The minimum absolute atomic E-state index is 0.00000185. The lowest BCUT2D eigenvalue weighted by atomic mass is 9.94. The molecule has 0 amide bonds. The average Bonchev–Trinajstić information content (AvgIpc) is 3.26. The van der Waals surface area contributed by atoms with Gasteiger partial charge in [-0.15, -0.1) is 15.3 Å². The quantitative estimate of drug-likeness (QED) is 0.0377. The van der Waals surface area contributed by atoms with Gasteiger partial charge in [-0.05, 0) is 109 Å². The minimum Gasteiger partial charge on any atom is -0.356 e. The highest BCUT2D eigenvalue weighted by Gasteiger charge is 2.33. The molecular weight excluding hydrogens is 939 g/mol. The van der Waals surface area contributed by atoms with E-state index >= 15 is 0 Å². The maximum absolute atomic E-state index is 13.8. The highest BCUT2D eigenvalue weighted by atomic mass is 32.2. The van der Waals surface area contributed by atoms with Crippen molar-refractivity contribution >= 4 is 119 Å². The van der Waals surface area contributed by atoms with Crippen molar-refractivity contribution in [1.82, 2.24) is 0 Å². The van der Waals surface area contributed by atoms with Gasteiger partial charge >= 0.3 is 0 Å². The normalized spacial score (nSPS) is 14.3. The number of rotatable bonds is 12. The van der Waals surface area contributed by atoms with Crippen LogP contribution in [0.4, 0.5) is 39.8 Å². The summed E-state index contributed by atoms with van der Waals surface area (Å²) < 4.78 is 137. The Morgan fingerprint density at radius 1 is 0.455 bits per heavy atom. The second-order valence-corrected chi connectivity index (χ2v) is 19.8. The van der Waals surface area contributed by atoms with E-state index in [4.69, 9.17) is 0 Å². The van der Waals surface area contributed by atoms with Gasteiger partial charge in [0.15, 0.2) is 5.71 Å². The molecular formula is C42H29N7O13S4. The number of hydrogen-bond donors (Lipinski definition) is 6. The van der Waals surface area contributed by atoms with E-state index in [2.05, 4.69) is 36.3 Å². The van der Waals surface area contributed by atoms with Crippen molar-refractivity contribution in [2.24, 2.45) is 25.6 Å². The van der Waals surface area contributed by atoms with Crippen LogP contribution in [0.3, 0.4) is 0 Å². The summed E-state index contributed by atoms with van der Waals surface area (Å²) in [6.07, 6.45) is 1.09. The number of nitrogens with zero attached hydrogens (tertiary/aromatic N) is 5. The van der Waals surface area contributed by atoms with E-state index in [1.807, 2.05) is 18.2 Å². The molecule has 8 rings (SSSR count). The molecule has 7 aromatic carbocycles. The number of nitrogens with one attached hydrogen (secondary N) is 2. The first kappa shape index (κ1) is 45.2. The molecule has 0 spiro atoms. The van der Waals surface area contributed by atoms with Crippen LogP contribution in [0.15, 0.2) is 179 Å². The van der Waals surface area contributed by atoms with Crippen LogP contribution in [0.1, 0.15) is 15.9 Å². The van der Waals surface area contributed by atoms with Crippen molar-refractivity contribution in [1.29, 1.82) is 0 Å². The fourth-order valence-corrected chi connectivity index (χ4v) is 8.93. The number of hydrazone groups is 1. The van der Waals surface area contributed by atoms with E-state index in [9.17, 15) is 56.7 Å². The zero-order valence-electron chi connectivity index (χ0n) is 33.1. The van der Waals surface area contributed by atoms with Crippen molar-refractivity contribution < 1.29 is 56.7 Å². The van der Waals surface area contributed by atoms with Gasteiger partial charge in [-0.3, -0.25) is 28.4 Å². The predicted molar refractivity (Wildman–Crippen MR) is 243 cm³/mol. The molecule has 66 heavy (non-hydrogen) atoms. The van der Waals surface area contributed by atoms with Crippen LogP contribution in [0, 0.1) is 0 Å². The molecule has 0 aromatic heterocycles. The number of azo groups is 2. The monoisotopic (exact) mass is 967 g/mol. The van der Waals surface area contributed by atoms with Crippen molar-refractivity contribution in [3.05, 3.63) is 149 Å². The van der Waals surface area contributed by atoms with Gasteiger partial charge < -0.3 is 5.32 Å². The number of allylic oxidation sites excluding steroid dienone is 1. The Morgan fingerprint density at radius 2 is 1.02 bits per heavy atom. The Labute approximate surface area is 374 Å². The standard InChI is InChI=1S/C42H29N7O13S4/c50-42-31-12-9-26(43-25-5-2-1-3-6-25)19-24(31)20-40(66(60,61)62)41(42)49-48-37-16-18-39(35-23-30(65(57,58)59)11-14-33(35)37)47-46-36-15-17-38(34-22-29(64(54,55)56)10-13-32(34)36)45-44-27-7-4-8-28(21-27)63(51,52)53/h1-23,43,48H,(H,51,52,53)(H,54,55,56)(H,57,58,59)(H,60,61,62)/b45-44?,47-46?,49-41-. The van der Waals surface area contributed by atoms with Gasteiger partial charge in [0.25, 0.3) is 40.5 Å². The number of hydrogen-bond acceptors (Lipinski definition) is 16. The third-order valence-corrected chi connectivity index (χ3v) is 13.2. The SMILES string of the molecule is O=C1/C(=N\Nc2ccc(N=Nc3ccc(N=Nc4cccc(S(=O)(=O)O)c4)c4cc(S(=O)(=O)O)ccc34)c3cc(S(=O)(=O)O)ccc23)C(S(=O)(=O)O)=Cc2cc(Nc3ccccc3)ccc21. The van der Waals surface area contributed by atoms with Crippen molar-refractivity contribution in [2.45, 2.75) is 14.7 Å². The van der Waals surface area contributed by atoms with E-state index < -0.39 is 71.6 Å². The molecule has 0 aliphatic heterocycles. The van der Waals surface area contributed by atoms with Crippen LogP contribution in [0.2, 0.25) is 0 Å². The molecule has 0 heterocycles. The van der Waals surface area contributed by atoms with Crippen LogP contribution >= 0.6 is 0 Å². The number of benzene rings is 7. The minimum atomic E-state index is -5.04. The molecule has 7 aromatic rings. The van der Waals surface area contributed by atoms with Crippen LogP contribution in [0.5, 0.6) is 0 Å². The van der Waals surface area contributed by atoms with Crippen molar-refractivity contribution in [2.75, 3.05) is 10.7 Å². The summed E-state index contributed by atoms with van der Waals surface area (Å²) in [5.74, 6) is -0.850. The lowest BCUT2D eigenvalue weighted by Gasteiger charge is -2.18. The summed E-state index contributed by atoms with van der Waals surface area (Å²) in [4.78, 5) is 11.4. The highest BCUT2D eigenvalue weighted by Crippen LogP contribution is 2.39. The molecule has 0 saturated carbocycles.